The van der Waals surface area contributed by atoms with Gasteiger partial charge < -0.3 is 25.2 Å². The monoisotopic (exact) mass is 242 g/mol. The lowest BCUT2D eigenvalue weighted by Crippen LogP contribution is -2.25. The molecule has 1 rings (SSSR count). The third-order valence-corrected chi connectivity index (χ3v) is 2.28. The summed E-state index contributed by atoms with van der Waals surface area (Å²) in [5.74, 6) is -2.77. The fraction of sp³-hybridized carbons (Fsp3) is 0.364. The van der Waals surface area contributed by atoms with Crippen LogP contribution in [0.15, 0.2) is 12.1 Å². The van der Waals surface area contributed by atoms with E-state index >= 15 is 0 Å². The van der Waals surface area contributed by atoms with Gasteiger partial charge in [-0.3, -0.25) is 0 Å². The van der Waals surface area contributed by atoms with Crippen LogP contribution in [0, 0.1) is 0 Å². The summed E-state index contributed by atoms with van der Waals surface area (Å²) in [6.07, 6.45) is -1.56. The van der Waals surface area contributed by atoms with Crippen LogP contribution >= 0.6 is 0 Å². The number of hydrogen-bond donors (Lipinski definition) is 4. The van der Waals surface area contributed by atoms with Gasteiger partial charge in [0, 0.05) is 0 Å². The summed E-state index contributed by atoms with van der Waals surface area (Å²) in [7, 11) is 0. The van der Waals surface area contributed by atoms with E-state index < -0.39 is 35.4 Å². The van der Waals surface area contributed by atoms with Crippen molar-refractivity contribution in [1.29, 1.82) is 0 Å². The third kappa shape index (κ3) is 3.01. The highest BCUT2D eigenvalue weighted by molar-refractivity contribution is 5.91. The molecule has 1 aromatic carbocycles. The molecule has 2 atom stereocenters. The zero-order chi connectivity index (χ0) is 13.2. The highest BCUT2D eigenvalue weighted by atomic mass is 16.6. The molecule has 0 fully saturated rings. The van der Waals surface area contributed by atoms with Gasteiger partial charge in [0.15, 0.2) is 17.2 Å². The third-order valence-electron chi connectivity index (χ3n) is 2.28. The van der Waals surface area contributed by atoms with Crippen molar-refractivity contribution < 1.29 is 30.0 Å². The Morgan fingerprint density at radius 2 is 1.65 bits per heavy atom. The first kappa shape index (κ1) is 13.1. The number of carbonyl (C=O) groups excluding carboxylic acids is 1. The first-order valence-electron chi connectivity index (χ1n) is 4.97. The summed E-state index contributed by atoms with van der Waals surface area (Å²) in [5.41, 5.74) is -0.120. The van der Waals surface area contributed by atoms with Crippen LogP contribution in [0.3, 0.4) is 0 Å². The minimum Gasteiger partial charge on any atom is -0.504 e. The lowest BCUT2D eigenvalue weighted by Gasteiger charge is -2.15. The molecule has 0 spiro atoms. The van der Waals surface area contributed by atoms with Gasteiger partial charge in [-0.05, 0) is 26.0 Å². The largest absolute Gasteiger partial charge is 0.504 e. The van der Waals surface area contributed by atoms with Gasteiger partial charge in [0.1, 0.15) is 6.10 Å². The van der Waals surface area contributed by atoms with Crippen molar-refractivity contribution in [2.45, 2.75) is 26.1 Å². The lowest BCUT2D eigenvalue weighted by molar-refractivity contribution is -0.00474. The second kappa shape index (κ2) is 4.92. The smallest absolute Gasteiger partial charge is 0.338 e. The quantitative estimate of drug-likeness (QED) is 0.459. The van der Waals surface area contributed by atoms with E-state index in [1.54, 1.807) is 0 Å². The average Bonchev–Trinajstić information content (AvgIpc) is 2.24. The Kier molecular flexibility index (Phi) is 3.80. The van der Waals surface area contributed by atoms with Gasteiger partial charge in [0.25, 0.3) is 0 Å². The fourth-order valence-corrected chi connectivity index (χ4v) is 1.06. The van der Waals surface area contributed by atoms with Crippen molar-refractivity contribution >= 4 is 5.97 Å². The predicted molar refractivity (Wildman–Crippen MR) is 58.0 cm³/mol. The SMILES string of the molecule is CC(O)C(C)OC(=O)c1cc(O)c(O)c(O)c1. The molecule has 17 heavy (non-hydrogen) atoms. The van der Waals surface area contributed by atoms with Gasteiger partial charge in [-0.2, -0.15) is 0 Å². The van der Waals surface area contributed by atoms with Crippen molar-refractivity contribution in [3.63, 3.8) is 0 Å². The number of aliphatic hydroxyl groups is 1. The van der Waals surface area contributed by atoms with Gasteiger partial charge in [-0.25, -0.2) is 4.79 Å². The van der Waals surface area contributed by atoms with E-state index in [0.29, 0.717) is 0 Å². The van der Waals surface area contributed by atoms with Crippen LogP contribution in [-0.4, -0.2) is 38.6 Å². The molecular formula is C11H14O6. The van der Waals surface area contributed by atoms with E-state index in [0.717, 1.165) is 12.1 Å². The summed E-state index contributed by atoms with van der Waals surface area (Å²) in [5, 5.41) is 36.7. The summed E-state index contributed by atoms with van der Waals surface area (Å²) in [6.45, 7) is 2.96. The van der Waals surface area contributed by atoms with Gasteiger partial charge in [0.2, 0.25) is 0 Å². The van der Waals surface area contributed by atoms with E-state index in [2.05, 4.69) is 0 Å². The number of esters is 1. The van der Waals surface area contributed by atoms with Crippen LogP contribution in [0.4, 0.5) is 0 Å². The molecule has 0 radical (unpaired) electrons. The zero-order valence-corrected chi connectivity index (χ0v) is 9.41. The van der Waals surface area contributed by atoms with Crippen molar-refractivity contribution in [3.05, 3.63) is 17.7 Å². The van der Waals surface area contributed by atoms with Gasteiger partial charge >= 0.3 is 5.97 Å². The molecule has 1 aromatic rings. The summed E-state index contributed by atoms with van der Waals surface area (Å²) >= 11 is 0. The number of rotatable bonds is 3. The first-order chi connectivity index (χ1) is 7.82. The number of phenolic OH excluding ortho intramolecular Hbond substituents is 3. The summed E-state index contributed by atoms with van der Waals surface area (Å²) in [6, 6.07) is 1.93. The second-order valence-corrected chi connectivity index (χ2v) is 3.71. The number of carbonyl (C=O) groups is 1. The van der Waals surface area contributed by atoms with Crippen LogP contribution in [0.5, 0.6) is 17.2 Å². The molecule has 0 saturated carbocycles. The molecular weight excluding hydrogens is 228 g/mol. The Hall–Kier alpha value is -1.95. The zero-order valence-electron chi connectivity index (χ0n) is 9.41. The van der Waals surface area contributed by atoms with Gasteiger partial charge in [-0.15, -0.1) is 0 Å². The van der Waals surface area contributed by atoms with Crippen molar-refractivity contribution in [2.24, 2.45) is 0 Å². The van der Waals surface area contributed by atoms with E-state index in [1.807, 2.05) is 0 Å². The maximum atomic E-state index is 11.5. The lowest BCUT2D eigenvalue weighted by atomic mass is 10.2. The van der Waals surface area contributed by atoms with Crippen molar-refractivity contribution in [1.82, 2.24) is 0 Å². The highest BCUT2D eigenvalue weighted by Gasteiger charge is 2.18. The van der Waals surface area contributed by atoms with Gasteiger partial charge in [-0.1, -0.05) is 0 Å². The number of aromatic hydroxyl groups is 3. The summed E-state index contributed by atoms with van der Waals surface area (Å²) < 4.78 is 4.85. The molecule has 2 unspecified atom stereocenters. The van der Waals surface area contributed by atoms with Crippen LogP contribution in [0.2, 0.25) is 0 Å². The molecule has 0 aliphatic rings. The molecule has 4 N–H and O–H groups in total. The normalized spacial score (nSPS) is 14.1. The van der Waals surface area contributed by atoms with Gasteiger partial charge in [0.05, 0.1) is 11.7 Å². The van der Waals surface area contributed by atoms with E-state index in [1.165, 1.54) is 13.8 Å². The van der Waals surface area contributed by atoms with Crippen LogP contribution in [-0.2, 0) is 4.74 Å². The second-order valence-electron chi connectivity index (χ2n) is 3.71. The number of ether oxygens (including phenoxy) is 1. The molecule has 94 valence electrons. The van der Waals surface area contributed by atoms with E-state index in [4.69, 9.17) is 14.9 Å². The Balaban J connectivity index is 2.90. The number of benzene rings is 1. The molecule has 0 aliphatic heterocycles. The molecule has 0 aliphatic carbocycles. The Labute approximate surface area is 97.7 Å². The topological polar surface area (TPSA) is 107 Å². The highest BCUT2D eigenvalue weighted by Crippen LogP contribution is 2.35. The maximum absolute atomic E-state index is 11.5. The molecule has 0 aromatic heterocycles. The minimum atomic E-state index is -0.835. The molecule has 6 nitrogen and oxygen atoms in total. The fourth-order valence-electron chi connectivity index (χ4n) is 1.06. The van der Waals surface area contributed by atoms with Crippen molar-refractivity contribution in [3.8, 4) is 17.2 Å². The Morgan fingerprint density at radius 1 is 1.18 bits per heavy atom. The van der Waals surface area contributed by atoms with Crippen LogP contribution < -0.4 is 0 Å². The molecule has 0 amide bonds. The Morgan fingerprint density at radius 3 is 2.06 bits per heavy atom. The number of phenols is 3. The van der Waals surface area contributed by atoms with Crippen LogP contribution in [0.25, 0.3) is 0 Å². The summed E-state index contributed by atoms with van der Waals surface area (Å²) in [4.78, 5) is 11.5. The first-order valence-corrected chi connectivity index (χ1v) is 4.97. The van der Waals surface area contributed by atoms with E-state index in [-0.39, 0.29) is 5.56 Å². The maximum Gasteiger partial charge on any atom is 0.338 e. The number of hydrogen-bond acceptors (Lipinski definition) is 6. The molecule has 0 heterocycles. The number of aliphatic hydroxyl groups excluding tert-OH is 1. The van der Waals surface area contributed by atoms with E-state index in [9.17, 15) is 15.0 Å². The molecule has 0 bridgehead atoms. The average molecular weight is 242 g/mol. The van der Waals surface area contributed by atoms with Crippen LogP contribution in [0.1, 0.15) is 24.2 Å². The molecule has 0 saturated heterocycles. The van der Waals surface area contributed by atoms with Crippen molar-refractivity contribution in [2.75, 3.05) is 0 Å². The Bertz CT molecular complexity index is 403. The standard InChI is InChI=1S/C11H14O6/c1-5(12)6(2)17-11(16)7-3-8(13)10(15)9(14)4-7/h3-6,12-15H,1-2H3. The minimum absolute atomic E-state index is 0.120. The molecule has 6 heteroatoms. The predicted octanol–water partition coefficient (Wildman–Crippen LogP) is 0.729.